The average Bonchev–Trinajstić information content (AvgIpc) is 3.01. The van der Waals surface area contributed by atoms with Gasteiger partial charge in [-0.25, -0.2) is 4.79 Å². The molecule has 2 aromatic rings. The number of esters is 1. The highest BCUT2D eigenvalue weighted by molar-refractivity contribution is 5.98. The fraction of sp³-hybridized carbons (Fsp3) is 0.143. The van der Waals surface area contributed by atoms with Gasteiger partial charge in [-0.2, -0.15) is 0 Å². The number of hydrogen-bond donors (Lipinski definition) is 2. The molecule has 0 aliphatic heterocycles. The summed E-state index contributed by atoms with van der Waals surface area (Å²) in [6, 6.07) is 8.84. The number of benzene rings is 1. The SMILES string of the molecule is C[C@@H](OC(=O)c1ccc[nH]1)C(=O)Nc1ccccc1[N+](=O)[O-]. The van der Waals surface area contributed by atoms with Gasteiger partial charge in [-0.3, -0.25) is 14.9 Å². The van der Waals surface area contributed by atoms with Crippen LogP contribution in [0.25, 0.3) is 0 Å². The van der Waals surface area contributed by atoms with Crippen molar-refractivity contribution in [3.63, 3.8) is 0 Å². The Morgan fingerprint density at radius 2 is 2.00 bits per heavy atom. The molecule has 1 amide bonds. The molecule has 114 valence electrons. The Labute approximate surface area is 125 Å². The zero-order valence-electron chi connectivity index (χ0n) is 11.6. The van der Waals surface area contributed by atoms with E-state index in [-0.39, 0.29) is 17.1 Å². The first-order chi connectivity index (χ1) is 10.5. The molecule has 0 spiro atoms. The molecule has 2 N–H and O–H groups in total. The summed E-state index contributed by atoms with van der Waals surface area (Å²) in [7, 11) is 0. The van der Waals surface area contributed by atoms with Crippen LogP contribution < -0.4 is 5.32 Å². The largest absolute Gasteiger partial charge is 0.448 e. The fourth-order valence-electron chi connectivity index (χ4n) is 1.71. The third kappa shape index (κ3) is 3.48. The maximum atomic E-state index is 12.0. The maximum Gasteiger partial charge on any atom is 0.355 e. The van der Waals surface area contributed by atoms with Crippen LogP contribution in [0.2, 0.25) is 0 Å². The topological polar surface area (TPSA) is 114 Å². The third-order valence-corrected chi connectivity index (χ3v) is 2.83. The van der Waals surface area contributed by atoms with Gasteiger partial charge in [0.25, 0.3) is 11.6 Å². The first-order valence-corrected chi connectivity index (χ1v) is 6.37. The second-order valence-corrected chi connectivity index (χ2v) is 4.39. The zero-order chi connectivity index (χ0) is 16.1. The zero-order valence-corrected chi connectivity index (χ0v) is 11.6. The number of para-hydroxylation sites is 2. The average molecular weight is 303 g/mol. The van der Waals surface area contributed by atoms with Gasteiger partial charge >= 0.3 is 5.97 Å². The predicted octanol–water partition coefficient (Wildman–Crippen LogP) is 2.11. The first-order valence-electron chi connectivity index (χ1n) is 6.37. The predicted molar refractivity (Wildman–Crippen MR) is 77.4 cm³/mol. The van der Waals surface area contributed by atoms with E-state index in [0.717, 1.165) is 0 Å². The molecule has 0 unspecified atom stereocenters. The molecule has 1 heterocycles. The number of aromatic amines is 1. The number of carbonyl (C=O) groups is 2. The van der Waals surface area contributed by atoms with Crippen LogP contribution in [0.4, 0.5) is 11.4 Å². The summed E-state index contributed by atoms with van der Waals surface area (Å²) in [5.74, 6) is -1.34. The van der Waals surface area contributed by atoms with Crippen LogP contribution >= 0.6 is 0 Å². The highest BCUT2D eigenvalue weighted by atomic mass is 16.6. The van der Waals surface area contributed by atoms with Crippen LogP contribution in [0, 0.1) is 10.1 Å². The molecular weight excluding hydrogens is 290 g/mol. The van der Waals surface area contributed by atoms with E-state index in [1.54, 1.807) is 18.3 Å². The molecule has 0 aliphatic rings. The summed E-state index contributed by atoms with van der Waals surface area (Å²) in [4.78, 5) is 36.6. The van der Waals surface area contributed by atoms with Gasteiger partial charge in [-0.15, -0.1) is 0 Å². The molecule has 0 aliphatic carbocycles. The first kappa shape index (κ1) is 15.2. The van der Waals surface area contributed by atoms with Gasteiger partial charge in [0, 0.05) is 12.3 Å². The molecule has 0 fully saturated rings. The molecule has 0 saturated carbocycles. The number of anilines is 1. The Morgan fingerprint density at radius 3 is 2.64 bits per heavy atom. The number of H-pyrrole nitrogens is 1. The van der Waals surface area contributed by atoms with E-state index in [9.17, 15) is 19.7 Å². The van der Waals surface area contributed by atoms with Crippen LogP contribution in [0.5, 0.6) is 0 Å². The van der Waals surface area contributed by atoms with E-state index in [2.05, 4.69) is 10.3 Å². The lowest BCUT2D eigenvalue weighted by molar-refractivity contribution is -0.383. The minimum Gasteiger partial charge on any atom is -0.448 e. The molecule has 0 bridgehead atoms. The van der Waals surface area contributed by atoms with E-state index >= 15 is 0 Å². The number of hydrogen-bond acceptors (Lipinski definition) is 5. The number of nitro groups is 1. The lowest BCUT2D eigenvalue weighted by Gasteiger charge is -2.13. The Morgan fingerprint density at radius 1 is 1.27 bits per heavy atom. The van der Waals surface area contributed by atoms with Gasteiger partial charge in [0.1, 0.15) is 11.4 Å². The molecule has 0 radical (unpaired) electrons. The number of nitrogens with one attached hydrogen (secondary N) is 2. The van der Waals surface area contributed by atoms with Gasteiger partial charge in [-0.05, 0) is 25.1 Å². The minimum absolute atomic E-state index is 0.0419. The molecule has 22 heavy (non-hydrogen) atoms. The molecule has 1 atom stereocenters. The summed E-state index contributed by atoms with van der Waals surface area (Å²) in [5, 5.41) is 13.2. The lowest BCUT2D eigenvalue weighted by atomic mass is 10.2. The highest BCUT2D eigenvalue weighted by Gasteiger charge is 2.22. The lowest BCUT2D eigenvalue weighted by Crippen LogP contribution is -2.30. The quantitative estimate of drug-likeness (QED) is 0.498. The van der Waals surface area contributed by atoms with Gasteiger partial charge < -0.3 is 15.0 Å². The van der Waals surface area contributed by atoms with Gasteiger partial charge in [-0.1, -0.05) is 12.1 Å². The van der Waals surface area contributed by atoms with E-state index < -0.39 is 22.9 Å². The normalized spacial score (nSPS) is 11.5. The fourth-order valence-corrected chi connectivity index (χ4v) is 1.71. The summed E-state index contributed by atoms with van der Waals surface area (Å²) >= 11 is 0. The van der Waals surface area contributed by atoms with Crippen LogP contribution in [-0.2, 0) is 9.53 Å². The van der Waals surface area contributed by atoms with Crippen molar-refractivity contribution in [2.45, 2.75) is 13.0 Å². The molecule has 8 nitrogen and oxygen atoms in total. The molecule has 0 saturated heterocycles. The van der Waals surface area contributed by atoms with Crippen molar-refractivity contribution in [3.8, 4) is 0 Å². The second-order valence-electron chi connectivity index (χ2n) is 4.39. The van der Waals surface area contributed by atoms with Crippen LogP contribution in [0.3, 0.4) is 0 Å². The number of nitrogens with zero attached hydrogens (tertiary/aromatic N) is 1. The molecule has 8 heteroatoms. The van der Waals surface area contributed by atoms with Crippen molar-refractivity contribution in [1.29, 1.82) is 0 Å². The van der Waals surface area contributed by atoms with Crippen molar-refractivity contribution >= 4 is 23.3 Å². The summed E-state index contributed by atoms with van der Waals surface area (Å²) < 4.78 is 4.98. The van der Waals surface area contributed by atoms with Crippen molar-refractivity contribution < 1.29 is 19.2 Å². The van der Waals surface area contributed by atoms with Crippen LogP contribution in [-0.4, -0.2) is 27.9 Å². The standard InChI is InChI=1S/C14H13N3O5/c1-9(22-14(19)11-6-4-8-15-11)13(18)16-10-5-2-3-7-12(10)17(20)21/h2-9,15H,1H3,(H,16,18)/t9-/m1/s1. The van der Waals surface area contributed by atoms with E-state index in [0.29, 0.717) is 0 Å². The third-order valence-electron chi connectivity index (χ3n) is 2.83. The molecular formula is C14H13N3O5. The van der Waals surface area contributed by atoms with Crippen molar-refractivity contribution in [2.75, 3.05) is 5.32 Å². The highest BCUT2D eigenvalue weighted by Crippen LogP contribution is 2.23. The summed E-state index contributed by atoms with van der Waals surface area (Å²) in [6.45, 7) is 1.38. The van der Waals surface area contributed by atoms with Gasteiger partial charge in [0.05, 0.1) is 4.92 Å². The van der Waals surface area contributed by atoms with Crippen molar-refractivity contribution in [3.05, 3.63) is 58.4 Å². The van der Waals surface area contributed by atoms with Gasteiger partial charge in [0.15, 0.2) is 6.10 Å². The molecule has 1 aromatic carbocycles. The number of carbonyl (C=O) groups excluding carboxylic acids is 2. The Bertz CT molecular complexity index is 696. The molecule has 2 rings (SSSR count). The number of nitro benzene ring substituents is 1. The monoisotopic (exact) mass is 303 g/mol. The van der Waals surface area contributed by atoms with Gasteiger partial charge in [0.2, 0.25) is 0 Å². The van der Waals surface area contributed by atoms with E-state index in [1.807, 2.05) is 0 Å². The Balaban J connectivity index is 2.03. The summed E-state index contributed by atoms with van der Waals surface area (Å²) in [6.07, 6.45) is 0.449. The van der Waals surface area contributed by atoms with E-state index in [4.69, 9.17) is 4.74 Å². The van der Waals surface area contributed by atoms with E-state index in [1.165, 1.54) is 31.2 Å². The van der Waals surface area contributed by atoms with Crippen LogP contribution in [0.15, 0.2) is 42.6 Å². The molecule has 1 aromatic heterocycles. The number of amides is 1. The number of aromatic nitrogens is 1. The second kappa shape index (κ2) is 6.53. The number of ether oxygens (including phenoxy) is 1. The Hall–Kier alpha value is -3.16. The minimum atomic E-state index is -1.10. The smallest absolute Gasteiger partial charge is 0.355 e. The summed E-state index contributed by atoms with van der Waals surface area (Å²) in [5.41, 5.74) is 0.0179. The maximum absolute atomic E-state index is 12.0. The number of rotatable bonds is 5. The van der Waals surface area contributed by atoms with Crippen molar-refractivity contribution in [2.24, 2.45) is 0 Å². The van der Waals surface area contributed by atoms with Crippen molar-refractivity contribution in [1.82, 2.24) is 4.98 Å². The van der Waals surface area contributed by atoms with Crippen LogP contribution in [0.1, 0.15) is 17.4 Å². The Kier molecular flexibility index (Phi) is 4.52.